The van der Waals surface area contributed by atoms with E-state index in [9.17, 15) is 0 Å². The number of hydrogen-bond donors (Lipinski definition) is 0. The lowest BCUT2D eigenvalue weighted by Crippen LogP contribution is -2.15. The Balaban J connectivity index is 0.877. The summed E-state index contributed by atoms with van der Waals surface area (Å²) in [5.74, 6) is 0.943. The zero-order chi connectivity index (χ0) is 44.1. The third kappa shape index (κ3) is 5.88. The standard InChI is InChI=1S/C64H44O2/c1-39(13-12-15-46-38-65-58-22-11-10-16-47(46)58)40-23-25-42(26-24-40)61-49-18-6-8-20-51(49)62(52-21-9-7-19-50(52)61)45-30-34-60-56(37-45)55-36-44(29-33-59(55)66-60)43-28-32-57-54(35-43)53-31-27-41-14-4-5-17-48(41)63(53)64(57,2)3/h4-37H,1,38H2,2-3H3/b13-12-,46-15+. The Bertz CT molecular complexity index is 3850. The zero-order valence-corrected chi connectivity index (χ0v) is 36.9. The Morgan fingerprint density at radius 2 is 1.08 bits per heavy atom. The molecule has 0 radical (unpaired) electrons. The van der Waals surface area contributed by atoms with Gasteiger partial charge in [0.25, 0.3) is 0 Å². The van der Waals surface area contributed by atoms with Crippen molar-refractivity contribution in [1.82, 2.24) is 0 Å². The number of benzene rings is 10. The van der Waals surface area contributed by atoms with E-state index < -0.39 is 0 Å². The van der Waals surface area contributed by atoms with Crippen LogP contribution in [0.4, 0.5) is 0 Å². The second-order valence-corrected chi connectivity index (χ2v) is 18.4. The second kappa shape index (κ2) is 14.7. The van der Waals surface area contributed by atoms with Crippen LogP contribution in [0.25, 0.3) is 110 Å². The Hall–Kier alpha value is -8.20. The highest BCUT2D eigenvalue weighted by Gasteiger charge is 2.37. The van der Waals surface area contributed by atoms with Crippen LogP contribution in [0.15, 0.2) is 217 Å². The lowest BCUT2D eigenvalue weighted by atomic mass is 9.80. The van der Waals surface area contributed by atoms with Crippen molar-refractivity contribution in [2.45, 2.75) is 19.3 Å². The molecule has 1 aliphatic heterocycles. The Morgan fingerprint density at radius 1 is 0.500 bits per heavy atom. The van der Waals surface area contributed by atoms with E-state index in [1.165, 1.54) is 93.5 Å². The van der Waals surface area contributed by atoms with E-state index in [1.54, 1.807) is 0 Å². The summed E-state index contributed by atoms with van der Waals surface area (Å²) in [5, 5.41) is 9.74. The first-order valence-corrected chi connectivity index (χ1v) is 22.9. The quantitative estimate of drug-likeness (QED) is 0.123. The first kappa shape index (κ1) is 38.3. The van der Waals surface area contributed by atoms with Crippen LogP contribution in [0.2, 0.25) is 0 Å². The second-order valence-electron chi connectivity index (χ2n) is 18.4. The van der Waals surface area contributed by atoms with Crippen LogP contribution in [0.1, 0.15) is 36.1 Å². The Morgan fingerprint density at radius 3 is 1.80 bits per heavy atom. The van der Waals surface area contributed by atoms with Gasteiger partial charge in [-0.05, 0) is 135 Å². The summed E-state index contributed by atoms with van der Waals surface area (Å²) in [6.07, 6.45) is 6.29. The van der Waals surface area contributed by atoms with Gasteiger partial charge < -0.3 is 9.15 Å². The van der Waals surface area contributed by atoms with Crippen molar-refractivity contribution < 1.29 is 9.15 Å². The SMILES string of the molecule is C=C(/C=C\C=C1/COc2ccccc21)c1ccc(-c2c3ccccc3c(-c3ccc4oc5ccc(-c6ccc7c(c6)-c6ccc8ccccc8c6C7(C)C)cc5c4c3)c3ccccc23)cc1. The summed E-state index contributed by atoms with van der Waals surface area (Å²) in [7, 11) is 0. The molecule has 1 aromatic heterocycles. The molecule has 11 aromatic rings. The van der Waals surface area contributed by atoms with Gasteiger partial charge in [-0.1, -0.05) is 190 Å². The molecule has 0 saturated heterocycles. The van der Waals surface area contributed by atoms with Gasteiger partial charge in [0.05, 0.1) is 0 Å². The molecule has 0 fully saturated rings. The van der Waals surface area contributed by atoms with E-state index in [0.29, 0.717) is 6.61 Å². The van der Waals surface area contributed by atoms with Gasteiger partial charge in [0.1, 0.15) is 23.5 Å². The van der Waals surface area contributed by atoms with E-state index in [-0.39, 0.29) is 5.41 Å². The average molecular weight is 845 g/mol. The van der Waals surface area contributed by atoms with Crippen LogP contribution < -0.4 is 4.74 Å². The molecule has 0 bridgehead atoms. The van der Waals surface area contributed by atoms with E-state index >= 15 is 0 Å². The van der Waals surface area contributed by atoms with Crippen LogP contribution in [-0.2, 0) is 5.41 Å². The first-order chi connectivity index (χ1) is 32.4. The van der Waals surface area contributed by atoms with Crippen molar-refractivity contribution in [3.8, 4) is 50.3 Å². The molecule has 0 saturated carbocycles. The molecule has 10 aromatic carbocycles. The topological polar surface area (TPSA) is 22.4 Å². The van der Waals surface area contributed by atoms with Gasteiger partial charge in [-0.3, -0.25) is 0 Å². The molecule has 1 aliphatic carbocycles. The molecule has 0 atom stereocenters. The fourth-order valence-electron chi connectivity index (χ4n) is 11.1. The number of para-hydroxylation sites is 1. The molecule has 0 amide bonds. The molecule has 0 spiro atoms. The van der Waals surface area contributed by atoms with Crippen molar-refractivity contribution in [1.29, 1.82) is 0 Å². The van der Waals surface area contributed by atoms with Crippen molar-refractivity contribution >= 4 is 65.4 Å². The van der Waals surface area contributed by atoms with Crippen LogP contribution >= 0.6 is 0 Å². The molecule has 2 nitrogen and oxygen atoms in total. The van der Waals surface area contributed by atoms with Gasteiger partial charge in [-0.15, -0.1) is 0 Å². The van der Waals surface area contributed by atoms with Crippen molar-refractivity contribution in [2.75, 3.05) is 6.61 Å². The van der Waals surface area contributed by atoms with E-state index in [2.05, 4.69) is 215 Å². The smallest absolute Gasteiger partial charge is 0.135 e. The molecular weight excluding hydrogens is 801 g/mol. The zero-order valence-electron chi connectivity index (χ0n) is 36.9. The maximum Gasteiger partial charge on any atom is 0.135 e. The van der Waals surface area contributed by atoms with Crippen molar-refractivity contribution in [3.05, 3.63) is 235 Å². The van der Waals surface area contributed by atoms with Gasteiger partial charge >= 0.3 is 0 Å². The summed E-state index contributed by atoms with van der Waals surface area (Å²) < 4.78 is 12.4. The third-order valence-corrected chi connectivity index (χ3v) is 14.3. The van der Waals surface area contributed by atoms with Crippen LogP contribution in [0, 0.1) is 0 Å². The number of fused-ring (bicyclic) bond motifs is 11. The minimum Gasteiger partial charge on any atom is -0.488 e. The molecule has 13 rings (SSSR count). The fraction of sp³-hybridized carbons (Fsp3) is 0.0625. The highest BCUT2D eigenvalue weighted by Crippen LogP contribution is 2.52. The molecule has 312 valence electrons. The van der Waals surface area contributed by atoms with Gasteiger partial charge in [0.15, 0.2) is 0 Å². The molecule has 66 heavy (non-hydrogen) atoms. The summed E-state index contributed by atoms with van der Waals surface area (Å²) in [5.41, 5.74) is 18.7. The monoisotopic (exact) mass is 844 g/mol. The molecule has 2 aliphatic rings. The van der Waals surface area contributed by atoms with Gasteiger partial charge in [-0.2, -0.15) is 0 Å². The van der Waals surface area contributed by atoms with E-state index in [4.69, 9.17) is 9.15 Å². The Labute approximate surface area is 384 Å². The van der Waals surface area contributed by atoms with Crippen LogP contribution in [0.3, 0.4) is 0 Å². The minimum absolute atomic E-state index is 0.0892. The molecule has 2 heteroatoms. The summed E-state index contributed by atoms with van der Waals surface area (Å²) >= 11 is 0. The minimum atomic E-state index is -0.0892. The van der Waals surface area contributed by atoms with Crippen LogP contribution in [-0.4, -0.2) is 6.61 Å². The lowest BCUT2D eigenvalue weighted by molar-refractivity contribution is 0.388. The normalized spacial score (nSPS) is 14.4. The number of furan rings is 1. The van der Waals surface area contributed by atoms with Crippen LogP contribution in [0.5, 0.6) is 5.75 Å². The molecule has 0 unspecified atom stereocenters. The molecule has 2 heterocycles. The van der Waals surface area contributed by atoms with E-state index in [1.807, 2.05) is 12.1 Å². The van der Waals surface area contributed by atoms with Crippen molar-refractivity contribution in [2.24, 2.45) is 0 Å². The van der Waals surface area contributed by atoms with Gasteiger partial charge in [-0.25, -0.2) is 0 Å². The number of hydrogen-bond acceptors (Lipinski definition) is 2. The highest BCUT2D eigenvalue weighted by atomic mass is 16.5. The van der Waals surface area contributed by atoms with Gasteiger partial charge in [0.2, 0.25) is 0 Å². The Kier molecular flexibility index (Phi) is 8.51. The predicted molar refractivity (Wildman–Crippen MR) is 278 cm³/mol. The fourth-order valence-corrected chi connectivity index (χ4v) is 11.1. The maximum absolute atomic E-state index is 6.54. The molecule has 0 N–H and O–H groups in total. The third-order valence-electron chi connectivity index (χ3n) is 14.3. The maximum atomic E-state index is 6.54. The van der Waals surface area contributed by atoms with Gasteiger partial charge in [0, 0.05) is 27.3 Å². The number of ether oxygens (including phenoxy) is 1. The van der Waals surface area contributed by atoms with E-state index in [0.717, 1.165) is 44.4 Å². The number of allylic oxidation sites excluding steroid dienone is 4. The lowest BCUT2D eigenvalue weighted by Gasteiger charge is -2.23. The predicted octanol–water partition coefficient (Wildman–Crippen LogP) is 17.4. The number of rotatable bonds is 6. The summed E-state index contributed by atoms with van der Waals surface area (Å²) in [6, 6.07) is 68.6. The molecular formula is C64H44O2. The summed E-state index contributed by atoms with van der Waals surface area (Å²) in [6.45, 7) is 9.74. The first-order valence-electron chi connectivity index (χ1n) is 22.9. The highest BCUT2D eigenvalue weighted by molar-refractivity contribution is 6.22. The summed E-state index contributed by atoms with van der Waals surface area (Å²) in [4.78, 5) is 0. The van der Waals surface area contributed by atoms with Crippen molar-refractivity contribution in [3.63, 3.8) is 0 Å². The largest absolute Gasteiger partial charge is 0.488 e. The average Bonchev–Trinajstić information content (AvgIpc) is 4.02.